The van der Waals surface area contributed by atoms with Crippen LogP contribution in [-0.2, 0) is 11.3 Å². The van der Waals surface area contributed by atoms with Crippen LogP contribution in [0.1, 0.15) is 11.1 Å². The molecule has 0 aliphatic carbocycles. The summed E-state index contributed by atoms with van der Waals surface area (Å²) in [5.41, 5.74) is 3.90. The van der Waals surface area contributed by atoms with E-state index in [0.29, 0.717) is 0 Å². The summed E-state index contributed by atoms with van der Waals surface area (Å²) in [5, 5.41) is 3.23. The fraction of sp³-hybridized carbons (Fsp3) is 0.538. The largest absolute Gasteiger partial charge is 0.388 e. The van der Waals surface area contributed by atoms with Crippen molar-refractivity contribution in [2.45, 2.75) is 13.5 Å². The molecule has 0 spiro atoms. The second kappa shape index (κ2) is 5.32. The molecule has 2 rings (SSSR count). The molecule has 1 aromatic rings. The first-order chi connectivity index (χ1) is 7.79. The number of ether oxygens (including phenoxy) is 1. The predicted molar refractivity (Wildman–Crippen MR) is 66.8 cm³/mol. The van der Waals surface area contributed by atoms with Gasteiger partial charge in [0.1, 0.15) is 0 Å². The first kappa shape index (κ1) is 11.4. The molecule has 0 bridgehead atoms. The summed E-state index contributed by atoms with van der Waals surface area (Å²) in [6.07, 6.45) is 0. The van der Waals surface area contributed by atoms with E-state index in [2.05, 4.69) is 35.3 Å². The molecule has 1 N–H and O–H groups in total. The summed E-state index contributed by atoms with van der Waals surface area (Å²) in [5.74, 6) is 0. The minimum atomic E-state index is 0.866. The lowest BCUT2D eigenvalue weighted by Crippen LogP contribution is -2.35. The fourth-order valence-corrected chi connectivity index (χ4v) is 2.05. The number of aryl methyl sites for hydroxylation is 1. The molecule has 1 aliphatic rings. The molecule has 1 saturated heterocycles. The summed E-state index contributed by atoms with van der Waals surface area (Å²) < 4.78 is 5.35. The number of nitrogens with zero attached hydrogens (tertiary/aromatic N) is 1. The number of nitrogens with one attached hydrogen (secondary N) is 1. The Bertz CT molecular complexity index is 346. The number of hydrogen-bond donors (Lipinski definition) is 1. The zero-order valence-electron chi connectivity index (χ0n) is 10.1. The topological polar surface area (TPSA) is 24.5 Å². The van der Waals surface area contributed by atoms with Crippen LogP contribution in [0.4, 0.5) is 5.69 Å². The van der Waals surface area contributed by atoms with Gasteiger partial charge in [0.25, 0.3) is 0 Å². The number of hydrogen-bond acceptors (Lipinski definition) is 3. The van der Waals surface area contributed by atoms with Gasteiger partial charge in [-0.2, -0.15) is 0 Å². The van der Waals surface area contributed by atoms with Crippen molar-refractivity contribution < 1.29 is 4.74 Å². The van der Waals surface area contributed by atoms with Crippen molar-refractivity contribution in [2.24, 2.45) is 0 Å². The maximum atomic E-state index is 5.35. The van der Waals surface area contributed by atoms with Crippen LogP contribution in [0.3, 0.4) is 0 Å². The second-order valence-corrected chi connectivity index (χ2v) is 4.29. The zero-order valence-corrected chi connectivity index (χ0v) is 10.1. The Morgan fingerprint density at radius 1 is 1.31 bits per heavy atom. The maximum absolute atomic E-state index is 5.35. The minimum Gasteiger partial charge on any atom is -0.388 e. The van der Waals surface area contributed by atoms with Crippen molar-refractivity contribution in [3.8, 4) is 0 Å². The van der Waals surface area contributed by atoms with E-state index >= 15 is 0 Å². The third-order valence-corrected chi connectivity index (χ3v) is 3.08. The first-order valence-corrected chi connectivity index (χ1v) is 5.87. The molecule has 0 amide bonds. The van der Waals surface area contributed by atoms with Crippen molar-refractivity contribution in [1.82, 2.24) is 4.90 Å². The van der Waals surface area contributed by atoms with E-state index in [4.69, 9.17) is 4.74 Å². The van der Waals surface area contributed by atoms with Crippen molar-refractivity contribution in [3.63, 3.8) is 0 Å². The summed E-state index contributed by atoms with van der Waals surface area (Å²) in [4.78, 5) is 2.44. The molecular weight excluding hydrogens is 200 g/mol. The average molecular weight is 220 g/mol. The molecule has 0 atom stereocenters. The number of morpholine rings is 1. The van der Waals surface area contributed by atoms with Gasteiger partial charge in [0.2, 0.25) is 0 Å². The van der Waals surface area contributed by atoms with E-state index in [1.165, 1.54) is 16.8 Å². The average Bonchev–Trinajstić information content (AvgIpc) is 2.33. The van der Waals surface area contributed by atoms with E-state index in [0.717, 1.165) is 32.8 Å². The Labute approximate surface area is 97.4 Å². The van der Waals surface area contributed by atoms with Gasteiger partial charge in [0.05, 0.1) is 13.2 Å². The Morgan fingerprint density at radius 3 is 2.75 bits per heavy atom. The predicted octanol–water partition coefficient (Wildman–Crippen LogP) is 1.87. The monoisotopic (exact) mass is 220 g/mol. The molecule has 1 fully saturated rings. The molecule has 0 radical (unpaired) electrons. The van der Waals surface area contributed by atoms with Crippen LogP contribution in [0.15, 0.2) is 18.2 Å². The zero-order chi connectivity index (χ0) is 11.4. The summed E-state index contributed by atoms with van der Waals surface area (Å²) in [7, 11) is 1.97. The van der Waals surface area contributed by atoms with E-state index in [9.17, 15) is 0 Å². The lowest BCUT2D eigenvalue weighted by atomic mass is 10.1. The van der Waals surface area contributed by atoms with E-state index in [-0.39, 0.29) is 0 Å². The van der Waals surface area contributed by atoms with Crippen LogP contribution < -0.4 is 5.32 Å². The highest BCUT2D eigenvalue weighted by Gasteiger charge is 2.10. The molecule has 0 aromatic heterocycles. The normalized spacial score (nSPS) is 17.4. The summed E-state index contributed by atoms with van der Waals surface area (Å²) in [6.45, 7) is 6.98. The molecule has 3 heteroatoms. The summed E-state index contributed by atoms with van der Waals surface area (Å²) in [6, 6.07) is 6.64. The molecule has 1 aromatic carbocycles. The van der Waals surface area contributed by atoms with Gasteiger partial charge in [-0.25, -0.2) is 0 Å². The van der Waals surface area contributed by atoms with Gasteiger partial charge in [-0.05, 0) is 24.1 Å². The molecule has 3 nitrogen and oxygen atoms in total. The summed E-state index contributed by atoms with van der Waals surface area (Å²) >= 11 is 0. The molecule has 0 unspecified atom stereocenters. The third-order valence-electron chi connectivity index (χ3n) is 3.08. The highest BCUT2D eigenvalue weighted by Crippen LogP contribution is 2.17. The van der Waals surface area contributed by atoms with Crippen molar-refractivity contribution >= 4 is 5.69 Å². The maximum Gasteiger partial charge on any atom is 0.0594 e. The third kappa shape index (κ3) is 2.74. The molecule has 1 aliphatic heterocycles. The standard InChI is InChI=1S/C13H20N2O/c1-11-3-4-12(9-13(11)14-2)10-15-5-7-16-8-6-15/h3-4,9,14H,5-8,10H2,1-2H3. The van der Waals surface area contributed by atoms with E-state index < -0.39 is 0 Å². The smallest absolute Gasteiger partial charge is 0.0594 e. The Kier molecular flexibility index (Phi) is 3.80. The molecule has 0 saturated carbocycles. The lowest BCUT2D eigenvalue weighted by molar-refractivity contribution is 0.0342. The van der Waals surface area contributed by atoms with Gasteiger partial charge in [0, 0.05) is 32.4 Å². The quantitative estimate of drug-likeness (QED) is 0.841. The second-order valence-electron chi connectivity index (χ2n) is 4.29. The highest BCUT2D eigenvalue weighted by atomic mass is 16.5. The van der Waals surface area contributed by atoms with Crippen LogP contribution in [0.5, 0.6) is 0 Å². The SMILES string of the molecule is CNc1cc(CN2CCOCC2)ccc1C. The van der Waals surface area contributed by atoms with E-state index in [1.807, 2.05) is 7.05 Å². The van der Waals surface area contributed by atoms with Crippen LogP contribution >= 0.6 is 0 Å². The van der Waals surface area contributed by atoms with Gasteiger partial charge < -0.3 is 10.1 Å². The van der Waals surface area contributed by atoms with E-state index in [1.54, 1.807) is 0 Å². The Hall–Kier alpha value is -1.06. The molecular formula is C13H20N2O. The van der Waals surface area contributed by atoms with Crippen LogP contribution in [0.25, 0.3) is 0 Å². The van der Waals surface area contributed by atoms with Gasteiger partial charge in [-0.3, -0.25) is 4.90 Å². The van der Waals surface area contributed by atoms with Crippen LogP contribution in [0, 0.1) is 6.92 Å². The van der Waals surface area contributed by atoms with Crippen molar-refractivity contribution in [1.29, 1.82) is 0 Å². The van der Waals surface area contributed by atoms with Gasteiger partial charge in [-0.15, -0.1) is 0 Å². The Morgan fingerprint density at radius 2 is 2.06 bits per heavy atom. The fourth-order valence-electron chi connectivity index (χ4n) is 2.05. The number of rotatable bonds is 3. The Balaban J connectivity index is 2.03. The number of benzene rings is 1. The van der Waals surface area contributed by atoms with Crippen LogP contribution in [0.2, 0.25) is 0 Å². The van der Waals surface area contributed by atoms with Crippen molar-refractivity contribution in [3.05, 3.63) is 29.3 Å². The first-order valence-electron chi connectivity index (χ1n) is 5.87. The highest BCUT2D eigenvalue weighted by molar-refractivity contribution is 5.52. The van der Waals surface area contributed by atoms with Gasteiger partial charge >= 0.3 is 0 Å². The lowest BCUT2D eigenvalue weighted by Gasteiger charge is -2.26. The van der Waals surface area contributed by atoms with Gasteiger partial charge in [0.15, 0.2) is 0 Å². The van der Waals surface area contributed by atoms with Crippen LogP contribution in [-0.4, -0.2) is 38.3 Å². The molecule has 1 heterocycles. The minimum absolute atomic E-state index is 0.866. The molecule has 16 heavy (non-hydrogen) atoms. The van der Waals surface area contributed by atoms with Gasteiger partial charge in [-0.1, -0.05) is 12.1 Å². The number of anilines is 1. The molecule has 88 valence electrons. The van der Waals surface area contributed by atoms with Crippen molar-refractivity contribution in [2.75, 3.05) is 38.7 Å².